The Labute approximate surface area is 152 Å². The molecule has 1 aliphatic rings. The molecule has 2 aromatic rings. The molecule has 1 fully saturated rings. The zero-order valence-electron chi connectivity index (χ0n) is 14.3. The summed E-state index contributed by atoms with van der Waals surface area (Å²) in [6.45, 7) is 0.344. The molecule has 1 atom stereocenters. The molecular weight excluding hydrogens is 362 g/mol. The third-order valence-corrected chi connectivity index (χ3v) is 4.27. The molecule has 1 N–H and O–H groups in total. The summed E-state index contributed by atoms with van der Waals surface area (Å²) in [5, 5.41) is 2.32. The van der Waals surface area contributed by atoms with E-state index in [9.17, 15) is 23.2 Å². The smallest absolute Gasteiger partial charge is 0.340 e. The number of esters is 1. The van der Waals surface area contributed by atoms with Crippen molar-refractivity contribution in [3.8, 4) is 0 Å². The third-order valence-electron chi connectivity index (χ3n) is 4.27. The molecule has 1 aromatic carbocycles. The van der Waals surface area contributed by atoms with Gasteiger partial charge in [0.15, 0.2) is 5.76 Å². The molecule has 0 radical (unpaired) electrons. The first-order valence-electron chi connectivity index (χ1n) is 8.15. The molecule has 0 spiro atoms. The van der Waals surface area contributed by atoms with Crippen LogP contribution >= 0.6 is 0 Å². The number of furan rings is 1. The van der Waals surface area contributed by atoms with Crippen molar-refractivity contribution in [2.45, 2.75) is 18.9 Å². The Morgan fingerprint density at radius 3 is 2.70 bits per heavy atom. The topological polar surface area (TPSA) is 88.9 Å². The summed E-state index contributed by atoms with van der Waals surface area (Å²) < 4.78 is 37.2. The van der Waals surface area contributed by atoms with Gasteiger partial charge < -0.3 is 19.4 Å². The van der Waals surface area contributed by atoms with Crippen LogP contribution in [0.25, 0.3) is 0 Å². The maximum absolute atomic E-state index is 14.0. The highest BCUT2D eigenvalue weighted by molar-refractivity contribution is 6.01. The van der Waals surface area contributed by atoms with Crippen LogP contribution in [0.15, 0.2) is 34.9 Å². The first-order valence-corrected chi connectivity index (χ1v) is 8.15. The monoisotopic (exact) mass is 378 g/mol. The maximum atomic E-state index is 14.0. The molecule has 0 bridgehead atoms. The molecule has 7 nitrogen and oxygen atoms in total. The number of nitrogens with zero attached hydrogens (tertiary/aromatic N) is 1. The molecule has 0 saturated carbocycles. The van der Waals surface area contributed by atoms with E-state index in [-0.39, 0.29) is 11.4 Å². The van der Waals surface area contributed by atoms with Crippen molar-refractivity contribution >= 4 is 23.5 Å². The normalized spacial score (nSPS) is 16.3. The summed E-state index contributed by atoms with van der Waals surface area (Å²) in [6.07, 6.45) is 2.31. The van der Waals surface area contributed by atoms with Crippen LogP contribution in [-0.2, 0) is 9.53 Å². The molecule has 0 aliphatic carbocycles. The van der Waals surface area contributed by atoms with Crippen molar-refractivity contribution in [3.63, 3.8) is 0 Å². The molecule has 142 valence electrons. The minimum absolute atomic E-state index is 0.0932. The second-order valence-corrected chi connectivity index (χ2v) is 5.93. The Bertz CT molecular complexity index is 882. The van der Waals surface area contributed by atoms with E-state index in [0.29, 0.717) is 25.5 Å². The number of hydrogen-bond acceptors (Lipinski definition) is 5. The van der Waals surface area contributed by atoms with Crippen LogP contribution in [-0.4, -0.2) is 42.4 Å². The summed E-state index contributed by atoms with van der Waals surface area (Å²) in [4.78, 5) is 37.9. The van der Waals surface area contributed by atoms with E-state index in [4.69, 9.17) is 4.42 Å². The average molecular weight is 378 g/mol. The summed E-state index contributed by atoms with van der Waals surface area (Å²) in [5.74, 6) is -4.15. The molecular formula is C18H16F2N2O5. The fraction of sp³-hybridized carbons (Fsp3) is 0.278. The quantitative estimate of drug-likeness (QED) is 0.826. The number of halogens is 2. The molecule has 9 heteroatoms. The number of hydrogen-bond donors (Lipinski definition) is 1. The molecule has 27 heavy (non-hydrogen) atoms. The summed E-state index contributed by atoms with van der Waals surface area (Å²) >= 11 is 0. The maximum Gasteiger partial charge on any atom is 0.340 e. The lowest BCUT2D eigenvalue weighted by atomic mass is 10.1. The van der Waals surface area contributed by atoms with E-state index in [1.54, 1.807) is 6.07 Å². The average Bonchev–Trinajstić information content (AvgIpc) is 3.34. The number of ether oxygens (including phenoxy) is 1. The fourth-order valence-corrected chi connectivity index (χ4v) is 2.95. The van der Waals surface area contributed by atoms with Gasteiger partial charge in [0.25, 0.3) is 5.91 Å². The molecule has 1 aromatic heterocycles. The zero-order chi connectivity index (χ0) is 19.6. The molecule has 3 rings (SSSR count). The Kier molecular flexibility index (Phi) is 5.20. The highest BCUT2D eigenvalue weighted by Crippen LogP contribution is 2.24. The van der Waals surface area contributed by atoms with Gasteiger partial charge in [0.2, 0.25) is 5.91 Å². The molecule has 2 amide bonds. The van der Waals surface area contributed by atoms with Gasteiger partial charge in [-0.2, -0.15) is 0 Å². The number of carbonyl (C=O) groups excluding carboxylic acids is 3. The van der Waals surface area contributed by atoms with Gasteiger partial charge in [-0.05, 0) is 31.0 Å². The fourth-order valence-electron chi connectivity index (χ4n) is 2.95. The lowest BCUT2D eigenvalue weighted by Crippen LogP contribution is -2.43. The van der Waals surface area contributed by atoms with Crippen LogP contribution in [0.3, 0.4) is 0 Å². The number of nitrogens with one attached hydrogen (secondary N) is 1. The second kappa shape index (κ2) is 7.56. The largest absolute Gasteiger partial charge is 0.465 e. The van der Waals surface area contributed by atoms with E-state index >= 15 is 0 Å². The van der Waals surface area contributed by atoms with Crippen LogP contribution in [0.2, 0.25) is 0 Å². The number of carbonyl (C=O) groups is 3. The van der Waals surface area contributed by atoms with Crippen molar-refractivity contribution < 1.29 is 32.3 Å². The predicted octanol–water partition coefficient (Wildman–Crippen LogP) is 2.59. The van der Waals surface area contributed by atoms with Crippen molar-refractivity contribution in [2.24, 2.45) is 0 Å². The van der Waals surface area contributed by atoms with Crippen LogP contribution in [0.4, 0.5) is 14.5 Å². The molecule has 2 heterocycles. The Balaban J connectivity index is 1.80. The zero-order valence-corrected chi connectivity index (χ0v) is 14.3. The number of rotatable bonds is 4. The number of likely N-dealkylation sites (tertiary alicyclic amines) is 1. The standard InChI is InChI=1S/C18H16F2N2O5/c1-26-18(25)10-8-13(12(20)9-11(10)19)21-16(23)14-4-2-6-22(14)17(24)15-5-3-7-27-15/h3,5,7-9,14H,2,4,6H2,1H3,(H,21,23)/t14-/m0/s1. The van der Waals surface area contributed by atoms with Gasteiger partial charge in [-0.1, -0.05) is 0 Å². The van der Waals surface area contributed by atoms with Crippen molar-refractivity contribution in [3.05, 3.63) is 53.5 Å². The molecule has 1 aliphatic heterocycles. The SMILES string of the molecule is COC(=O)c1cc(NC(=O)[C@@H]2CCCN2C(=O)c2ccco2)c(F)cc1F. The minimum Gasteiger partial charge on any atom is -0.465 e. The number of benzene rings is 1. The van der Waals surface area contributed by atoms with E-state index in [1.165, 1.54) is 17.2 Å². The summed E-state index contributed by atoms with van der Waals surface area (Å²) in [7, 11) is 1.06. The van der Waals surface area contributed by atoms with Crippen LogP contribution in [0.1, 0.15) is 33.8 Å². The van der Waals surface area contributed by atoms with Crippen LogP contribution in [0.5, 0.6) is 0 Å². The van der Waals surface area contributed by atoms with Crippen molar-refractivity contribution in [2.75, 3.05) is 19.0 Å². The number of methoxy groups -OCH3 is 1. The van der Waals surface area contributed by atoms with E-state index in [1.807, 2.05) is 0 Å². The van der Waals surface area contributed by atoms with Crippen molar-refractivity contribution in [1.29, 1.82) is 0 Å². The number of amides is 2. The van der Waals surface area contributed by atoms with Gasteiger partial charge in [0, 0.05) is 12.6 Å². The van der Waals surface area contributed by atoms with E-state index in [2.05, 4.69) is 10.1 Å². The molecule has 0 unspecified atom stereocenters. The Hall–Kier alpha value is -3.23. The van der Waals surface area contributed by atoms with E-state index < -0.39 is 41.0 Å². The summed E-state index contributed by atoms with van der Waals surface area (Å²) in [5.41, 5.74) is -0.886. The number of anilines is 1. The Morgan fingerprint density at radius 2 is 2.04 bits per heavy atom. The van der Waals surface area contributed by atoms with Crippen LogP contribution in [0, 0.1) is 11.6 Å². The molecule has 1 saturated heterocycles. The first kappa shape index (κ1) is 18.6. The lowest BCUT2D eigenvalue weighted by molar-refractivity contribution is -0.119. The van der Waals surface area contributed by atoms with Gasteiger partial charge in [-0.25, -0.2) is 13.6 Å². The Morgan fingerprint density at radius 1 is 1.26 bits per heavy atom. The second-order valence-electron chi connectivity index (χ2n) is 5.93. The van der Waals surface area contributed by atoms with Crippen molar-refractivity contribution in [1.82, 2.24) is 4.90 Å². The lowest BCUT2D eigenvalue weighted by Gasteiger charge is -2.23. The third kappa shape index (κ3) is 3.67. The van der Waals surface area contributed by atoms with Crippen LogP contribution < -0.4 is 5.32 Å². The van der Waals surface area contributed by atoms with Gasteiger partial charge in [0.1, 0.15) is 17.7 Å². The minimum atomic E-state index is -1.10. The van der Waals surface area contributed by atoms with E-state index in [0.717, 1.165) is 13.2 Å². The van der Waals surface area contributed by atoms with Gasteiger partial charge in [0.05, 0.1) is 24.6 Å². The van der Waals surface area contributed by atoms with Gasteiger partial charge in [-0.15, -0.1) is 0 Å². The van der Waals surface area contributed by atoms with Gasteiger partial charge >= 0.3 is 5.97 Å². The highest BCUT2D eigenvalue weighted by Gasteiger charge is 2.36. The summed E-state index contributed by atoms with van der Waals surface area (Å²) in [6, 6.07) is 3.55. The predicted molar refractivity (Wildman–Crippen MR) is 89.1 cm³/mol. The first-order chi connectivity index (χ1) is 12.9. The highest BCUT2D eigenvalue weighted by atomic mass is 19.1. The van der Waals surface area contributed by atoms with Gasteiger partial charge in [-0.3, -0.25) is 9.59 Å².